The molecular weight excluding hydrogens is 677 g/mol. The summed E-state index contributed by atoms with van der Waals surface area (Å²) < 4.78 is 11.3. The quantitative estimate of drug-likeness (QED) is 0.0351. The van der Waals surface area contributed by atoms with Crippen molar-refractivity contribution in [2.75, 3.05) is 13.2 Å². The smallest absolute Gasteiger partial charge is 0.309 e. The van der Waals surface area contributed by atoms with Gasteiger partial charge in [-0.1, -0.05) is 245 Å². The monoisotopic (exact) mass is 775 g/mol. The fourth-order valence-electron chi connectivity index (χ4n) is 7.74. The molecule has 4 nitrogen and oxygen atoms in total. The Labute approximate surface area is 345 Å². The van der Waals surface area contributed by atoms with Crippen LogP contribution in [0.5, 0.6) is 0 Å². The summed E-state index contributed by atoms with van der Waals surface area (Å²) in [4.78, 5) is 25.9. The average Bonchev–Trinajstić information content (AvgIpc) is 3.19. The highest BCUT2D eigenvalue weighted by molar-refractivity contribution is 5.79. The summed E-state index contributed by atoms with van der Waals surface area (Å²) in [5.41, 5.74) is 0. The SMILES string of the molecule is CCCCCCCCCCCCCC/C=C/CCCCCC(CC(=O)OCCCCCCCCCCCCC)C(=O)OCCCCCCCCCCCCC. The zero-order chi connectivity index (χ0) is 40.0. The van der Waals surface area contributed by atoms with Gasteiger partial charge in [0.2, 0.25) is 0 Å². The lowest BCUT2D eigenvalue weighted by Gasteiger charge is -2.16. The van der Waals surface area contributed by atoms with Crippen LogP contribution in [-0.4, -0.2) is 25.2 Å². The highest BCUT2D eigenvalue weighted by Crippen LogP contribution is 2.19. The molecule has 0 aliphatic heterocycles. The summed E-state index contributed by atoms with van der Waals surface area (Å²) in [5, 5.41) is 0. The zero-order valence-corrected chi connectivity index (χ0v) is 37.8. The maximum atomic E-state index is 13.1. The Hall–Kier alpha value is -1.32. The number of hydrogen-bond acceptors (Lipinski definition) is 4. The van der Waals surface area contributed by atoms with Crippen LogP contribution in [0.2, 0.25) is 0 Å². The zero-order valence-electron chi connectivity index (χ0n) is 37.8. The molecular formula is C51H98O4. The molecule has 0 N–H and O–H groups in total. The Morgan fingerprint density at radius 2 is 0.655 bits per heavy atom. The minimum absolute atomic E-state index is 0.161. The van der Waals surface area contributed by atoms with Crippen molar-refractivity contribution in [1.82, 2.24) is 0 Å². The summed E-state index contributed by atoms with van der Waals surface area (Å²) in [6.07, 6.45) is 55.9. The van der Waals surface area contributed by atoms with Gasteiger partial charge in [-0.3, -0.25) is 9.59 Å². The Morgan fingerprint density at radius 1 is 0.364 bits per heavy atom. The lowest BCUT2D eigenvalue weighted by Crippen LogP contribution is -2.23. The van der Waals surface area contributed by atoms with E-state index in [2.05, 4.69) is 32.9 Å². The maximum Gasteiger partial charge on any atom is 0.309 e. The predicted octanol–water partition coefficient (Wildman–Crippen LogP) is 17.3. The molecule has 1 unspecified atom stereocenters. The molecule has 0 aromatic carbocycles. The molecule has 0 rings (SSSR count). The number of carbonyl (C=O) groups is 2. The van der Waals surface area contributed by atoms with Gasteiger partial charge < -0.3 is 9.47 Å². The maximum absolute atomic E-state index is 13.1. The molecule has 0 fully saturated rings. The van der Waals surface area contributed by atoms with Crippen LogP contribution in [0.4, 0.5) is 0 Å². The number of ether oxygens (including phenoxy) is 2. The van der Waals surface area contributed by atoms with Crippen LogP contribution in [0.1, 0.15) is 284 Å². The van der Waals surface area contributed by atoms with Gasteiger partial charge in [0.1, 0.15) is 0 Å². The summed E-state index contributed by atoms with van der Waals surface area (Å²) in [5.74, 6) is -0.802. The van der Waals surface area contributed by atoms with Crippen molar-refractivity contribution in [2.45, 2.75) is 284 Å². The van der Waals surface area contributed by atoms with Crippen LogP contribution in [0.15, 0.2) is 12.2 Å². The van der Waals surface area contributed by atoms with Gasteiger partial charge in [-0.15, -0.1) is 0 Å². The van der Waals surface area contributed by atoms with E-state index in [-0.39, 0.29) is 24.3 Å². The molecule has 4 heteroatoms. The molecule has 0 aromatic heterocycles. The van der Waals surface area contributed by atoms with E-state index < -0.39 is 0 Å². The second kappa shape index (κ2) is 47.1. The molecule has 0 aromatic rings. The summed E-state index contributed by atoms with van der Waals surface area (Å²) in [7, 11) is 0. The molecule has 1 atom stereocenters. The van der Waals surface area contributed by atoms with Crippen LogP contribution < -0.4 is 0 Å². The summed E-state index contributed by atoms with van der Waals surface area (Å²) in [6.45, 7) is 7.78. The molecule has 0 heterocycles. The van der Waals surface area contributed by atoms with E-state index in [4.69, 9.17) is 9.47 Å². The number of rotatable bonds is 46. The van der Waals surface area contributed by atoms with Crippen LogP contribution >= 0.6 is 0 Å². The Bertz CT molecular complexity index is 792. The summed E-state index contributed by atoms with van der Waals surface area (Å²) in [6, 6.07) is 0. The van der Waals surface area contributed by atoms with Gasteiger partial charge in [-0.05, 0) is 44.9 Å². The lowest BCUT2D eigenvalue weighted by atomic mass is 9.97. The van der Waals surface area contributed by atoms with Crippen LogP contribution in [-0.2, 0) is 19.1 Å². The van der Waals surface area contributed by atoms with E-state index in [0.29, 0.717) is 19.6 Å². The first-order valence-corrected chi connectivity index (χ1v) is 25.1. The van der Waals surface area contributed by atoms with Crippen molar-refractivity contribution < 1.29 is 19.1 Å². The number of allylic oxidation sites excluding steroid dienone is 2. The third-order valence-corrected chi connectivity index (χ3v) is 11.6. The molecule has 326 valence electrons. The van der Waals surface area contributed by atoms with Gasteiger partial charge >= 0.3 is 11.9 Å². The highest BCUT2D eigenvalue weighted by atomic mass is 16.5. The number of hydrogen-bond donors (Lipinski definition) is 0. The third-order valence-electron chi connectivity index (χ3n) is 11.6. The second-order valence-electron chi connectivity index (χ2n) is 17.1. The van der Waals surface area contributed by atoms with E-state index >= 15 is 0 Å². The first kappa shape index (κ1) is 53.7. The van der Waals surface area contributed by atoms with Gasteiger partial charge in [-0.25, -0.2) is 0 Å². The molecule has 55 heavy (non-hydrogen) atoms. The molecule has 0 radical (unpaired) electrons. The normalized spacial score (nSPS) is 12.1. The molecule has 0 spiro atoms. The number of esters is 2. The van der Waals surface area contributed by atoms with Gasteiger partial charge in [0.05, 0.1) is 25.6 Å². The molecule has 0 aliphatic rings. The van der Waals surface area contributed by atoms with Crippen molar-refractivity contribution in [3.63, 3.8) is 0 Å². The second-order valence-corrected chi connectivity index (χ2v) is 17.1. The van der Waals surface area contributed by atoms with Crippen molar-refractivity contribution >= 4 is 11.9 Å². The Balaban J connectivity index is 4.22. The van der Waals surface area contributed by atoms with E-state index in [9.17, 15) is 9.59 Å². The topological polar surface area (TPSA) is 52.6 Å². The van der Waals surface area contributed by atoms with E-state index in [1.54, 1.807) is 0 Å². The first-order chi connectivity index (χ1) is 27.2. The van der Waals surface area contributed by atoms with E-state index in [1.165, 1.54) is 199 Å². The van der Waals surface area contributed by atoms with Crippen LogP contribution in [0.25, 0.3) is 0 Å². The van der Waals surface area contributed by atoms with Gasteiger partial charge in [-0.2, -0.15) is 0 Å². The standard InChI is InChI=1S/C51H98O4/c1-4-7-10-13-16-19-22-23-24-25-26-27-28-29-30-33-36-39-42-45-49(51(53)55-47-44-41-38-35-32-21-18-15-12-9-6-3)48-50(52)54-46-43-40-37-34-31-20-17-14-11-8-5-2/h29-30,49H,4-28,31-48H2,1-3H3/b30-29+. The van der Waals surface area contributed by atoms with Crippen LogP contribution in [0.3, 0.4) is 0 Å². The molecule has 0 aliphatic carbocycles. The predicted molar refractivity (Wildman–Crippen MR) is 241 cm³/mol. The van der Waals surface area contributed by atoms with Crippen molar-refractivity contribution in [3.05, 3.63) is 12.2 Å². The minimum atomic E-state index is -0.376. The fraction of sp³-hybridized carbons (Fsp3) is 0.922. The Kier molecular flexibility index (Phi) is 45.9. The lowest BCUT2D eigenvalue weighted by molar-refractivity contribution is -0.155. The van der Waals surface area contributed by atoms with E-state index in [0.717, 1.165) is 51.4 Å². The van der Waals surface area contributed by atoms with Crippen molar-refractivity contribution in [2.24, 2.45) is 5.92 Å². The van der Waals surface area contributed by atoms with Crippen LogP contribution in [0, 0.1) is 5.92 Å². The highest BCUT2D eigenvalue weighted by Gasteiger charge is 2.24. The third kappa shape index (κ3) is 43.6. The van der Waals surface area contributed by atoms with E-state index in [1.807, 2.05) is 0 Å². The number of carbonyl (C=O) groups excluding carboxylic acids is 2. The molecule has 0 amide bonds. The molecule has 0 bridgehead atoms. The average molecular weight is 775 g/mol. The minimum Gasteiger partial charge on any atom is -0.466 e. The van der Waals surface area contributed by atoms with Gasteiger partial charge in [0, 0.05) is 0 Å². The molecule has 0 saturated carbocycles. The van der Waals surface area contributed by atoms with Crippen molar-refractivity contribution in [3.8, 4) is 0 Å². The molecule has 0 saturated heterocycles. The Morgan fingerprint density at radius 3 is 1.02 bits per heavy atom. The summed E-state index contributed by atoms with van der Waals surface area (Å²) >= 11 is 0. The van der Waals surface area contributed by atoms with Gasteiger partial charge in [0.15, 0.2) is 0 Å². The fourth-order valence-corrected chi connectivity index (χ4v) is 7.74. The van der Waals surface area contributed by atoms with Gasteiger partial charge in [0.25, 0.3) is 0 Å². The first-order valence-electron chi connectivity index (χ1n) is 25.1. The number of unbranched alkanes of at least 4 members (excludes halogenated alkanes) is 35. The largest absolute Gasteiger partial charge is 0.466 e. The van der Waals surface area contributed by atoms with Crippen molar-refractivity contribution in [1.29, 1.82) is 0 Å².